The molecule has 0 atom stereocenters. The highest BCUT2D eigenvalue weighted by Crippen LogP contribution is 2.22. The Balaban J connectivity index is 1.68. The van der Waals surface area contributed by atoms with Crippen molar-refractivity contribution in [2.24, 2.45) is 11.8 Å². The molecule has 0 aromatic carbocycles. The van der Waals surface area contributed by atoms with Gasteiger partial charge in [0.1, 0.15) is 0 Å². The Kier molecular flexibility index (Phi) is 6.65. The van der Waals surface area contributed by atoms with Crippen LogP contribution in [0, 0.1) is 11.8 Å². The van der Waals surface area contributed by atoms with Crippen LogP contribution in [0.25, 0.3) is 0 Å². The molecule has 1 aliphatic heterocycles. The Hall–Kier alpha value is -0.450. The summed E-state index contributed by atoms with van der Waals surface area (Å²) >= 11 is 1.81. The van der Waals surface area contributed by atoms with Crippen LogP contribution in [0.4, 0.5) is 0 Å². The molecule has 4 heteroatoms. The molecule has 1 N–H and O–H groups in total. The van der Waals surface area contributed by atoms with Gasteiger partial charge < -0.3 is 5.32 Å². The monoisotopic (exact) mass is 309 g/mol. The van der Waals surface area contributed by atoms with Crippen LogP contribution in [0.3, 0.4) is 0 Å². The molecule has 0 saturated carbocycles. The van der Waals surface area contributed by atoms with Crippen LogP contribution in [0.2, 0.25) is 0 Å². The first-order valence-electron chi connectivity index (χ1n) is 8.42. The van der Waals surface area contributed by atoms with Gasteiger partial charge in [-0.3, -0.25) is 4.90 Å². The summed E-state index contributed by atoms with van der Waals surface area (Å²) in [4.78, 5) is 7.32. The highest BCUT2D eigenvalue weighted by atomic mass is 32.1. The maximum Gasteiger partial charge on any atom is 0.0954 e. The second kappa shape index (κ2) is 8.25. The zero-order chi connectivity index (χ0) is 15.2. The van der Waals surface area contributed by atoms with Gasteiger partial charge >= 0.3 is 0 Å². The highest BCUT2D eigenvalue weighted by molar-refractivity contribution is 7.09. The van der Waals surface area contributed by atoms with E-state index < -0.39 is 0 Å². The van der Waals surface area contributed by atoms with E-state index in [2.05, 4.69) is 43.3 Å². The van der Waals surface area contributed by atoms with Crippen LogP contribution in [0.1, 0.15) is 57.2 Å². The predicted molar refractivity (Wildman–Crippen MR) is 91.9 cm³/mol. The first-order chi connectivity index (χ1) is 10.0. The summed E-state index contributed by atoms with van der Waals surface area (Å²) in [7, 11) is 0. The zero-order valence-electron chi connectivity index (χ0n) is 14.1. The number of nitrogens with one attached hydrogen (secondary N) is 1. The van der Waals surface area contributed by atoms with Crippen LogP contribution in [-0.4, -0.2) is 36.1 Å². The quantitative estimate of drug-likeness (QED) is 0.832. The van der Waals surface area contributed by atoms with Gasteiger partial charge in [-0.05, 0) is 50.9 Å². The Bertz CT molecular complexity index is 406. The SMILES string of the molecule is CC(C)CNCC1CCN(Cc2csc(C(C)C)n2)CC1. The number of piperidine rings is 1. The van der Waals surface area contributed by atoms with E-state index in [4.69, 9.17) is 4.98 Å². The molecule has 0 radical (unpaired) electrons. The van der Waals surface area contributed by atoms with Crippen molar-refractivity contribution in [2.75, 3.05) is 26.2 Å². The van der Waals surface area contributed by atoms with Gasteiger partial charge in [-0.25, -0.2) is 4.98 Å². The lowest BCUT2D eigenvalue weighted by Gasteiger charge is -2.31. The topological polar surface area (TPSA) is 28.2 Å². The van der Waals surface area contributed by atoms with Crippen molar-refractivity contribution >= 4 is 11.3 Å². The van der Waals surface area contributed by atoms with Gasteiger partial charge in [-0.1, -0.05) is 27.7 Å². The number of hydrogen-bond donors (Lipinski definition) is 1. The Morgan fingerprint density at radius 3 is 2.57 bits per heavy atom. The standard InChI is InChI=1S/C17H31N3S/c1-13(2)9-18-10-15-5-7-20(8-6-15)11-16-12-21-17(19-16)14(3)4/h12-15,18H,5-11H2,1-4H3. The predicted octanol–water partition coefficient (Wildman–Crippen LogP) is 3.72. The molecular weight excluding hydrogens is 278 g/mol. The highest BCUT2D eigenvalue weighted by Gasteiger charge is 2.19. The molecule has 1 aromatic heterocycles. The molecule has 1 aliphatic rings. The zero-order valence-corrected chi connectivity index (χ0v) is 14.9. The minimum absolute atomic E-state index is 0.557. The van der Waals surface area contributed by atoms with E-state index in [-0.39, 0.29) is 0 Å². The molecule has 1 aromatic rings. The molecule has 1 fully saturated rings. The fourth-order valence-corrected chi connectivity index (χ4v) is 3.64. The molecule has 2 heterocycles. The number of aromatic nitrogens is 1. The molecule has 3 nitrogen and oxygen atoms in total. The summed E-state index contributed by atoms with van der Waals surface area (Å²) in [6.45, 7) is 14.8. The number of nitrogens with zero attached hydrogens (tertiary/aromatic N) is 2. The molecule has 0 spiro atoms. The average molecular weight is 310 g/mol. The third kappa shape index (κ3) is 5.68. The first kappa shape index (κ1) is 16.9. The first-order valence-corrected chi connectivity index (χ1v) is 9.30. The molecule has 0 bridgehead atoms. The molecule has 0 aliphatic carbocycles. The van der Waals surface area contributed by atoms with Gasteiger partial charge in [0, 0.05) is 17.8 Å². The van der Waals surface area contributed by atoms with Gasteiger partial charge in [0.05, 0.1) is 10.7 Å². The lowest BCUT2D eigenvalue weighted by Crippen LogP contribution is -2.37. The van der Waals surface area contributed by atoms with Crippen molar-refractivity contribution in [3.05, 3.63) is 16.1 Å². The van der Waals surface area contributed by atoms with E-state index in [1.54, 1.807) is 0 Å². The summed E-state index contributed by atoms with van der Waals surface area (Å²) in [5.41, 5.74) is 1.26. The van der Waals surface area contributed by atoms with Crippen LogP contribution in [0.15, 0.2) is 5.38 Å². The minimum Gasteiger partial charge on any atom is -0.316 e. The number of likely N-dealkylation sites (tertiary alicyclic amines) is 1. The molecular formula is C17H31N3S. The van der Waals surface area contributed by atoms with E-state index >= 15 is 0 Å². The van der Waals surface area contributed by atoms with Crippen molar-refractivity contribution in [1.82, 2.24) is 15.2 Å². The second-order valence-corrected chi connectivity index (χ2v) is 7.99. The number of thiazole rings is 1. The van der Waals surface area contributed by atoms with Gasteiger partial charge in [-0.15, -0.1) is 11.3 Å². The van der Waals surface area contributed by atoms with Crippen LogP contribution >= 0.6 is 11.3 Å². The van der Waals surface area contributed by atoms with E-state index in [1.165, 1.54) is 43.2 Å². The van der Waals surface area contributed by atoms with E-state index in [9.17, 15) is 0 Å². The molecule has 2 rings (SSSR count). The average Bonchev–Trinajstić information content (AvgIpc) is 2.89. The van der Waals surface area contributed by atoms with E-state index in [0.29, 0.717) is 5.92 Å². The summed E-state index contributed by atoms with van der Waals surface area (Å²) in [6.07, 6.45) is 2.65. The fraction of sp³-hybridized carbons (Fsp3) is 0.824. The fourth-order valence-electron chi connectivity index (χ4n) is 2.81. The number of hydrogen-bond acceptors (Lipinski definition) is 4. The van der Waals surface area contributed by atoms with Gasteiger partial charge in [0.15, 0.2) is 0 Å². The third-order valence-corrected chi connectivity index (χ3v) is 5.34. The van der Waals surface area contributed by atoms with Crippen LogP contribution < -0.4 is 5.32 Å². The van der Waals surface area contributed by atoms with Crippen molar-refractivity contribution in [3.8, 4) is 0 Å². The van der Waals surface area contributed by atoms with Crippen LogP contribution in [0.5, 0.6) is 0 Å². The maximum atomic E-state index is 4.76. The van der Waals surface area contributed by atoms with E-state index in [0.717, 1.165) is 24.9 Å². The Morgan fingerprint density at radius 1 is 1.29 bits per heavy atom. The Labute approximate surface area is 134 Å². The molecule has 0 amide bonds. The van der Waals surface area contributed by atoms with Gasteiger partial charge in [-0.2, -0.15) is 0 Å². The molecule has 120 valence electrons. The van der Waals surface area contributed by atoms with Crippen molar-refractivity contribution in [2.45, 2.75) is 53.0 Å². The molecule has 21 heavy (non-hydrogen) atoms. The number of rotatable bonds is 7. The normalized spacial score (nSPS) is 18.0. The molecule has 0 unspecified atom stereocenters. The lowest BCUT2D eigenvalue weighted by molar-refractivity contribution is 0.173. The maximum absolute atomic E-state index is 4.76. The molecule has 1 saturated heterocycles. The smallest absolute Gasteiger partial charge is 0.0954 e. The lowest BCUT2D eigenvalue weighted by atomic mass is 9.96. The summed E-state index contributed by atoms with van der Waals surface area (Å²) in [5, 5.41) is 7.12. The van der Waals surface area contributed by atoms with Gasteiger partial charge in [0.25, 0.3) is 0 Å². The summed E-state index contributed by atoms with van der Waals surface area (Å²) < 4.78 is 0. The Morgan fingerprint density at radius 2 is 2.00 bits per heavy atom. The van der Waals surface area contributed by atoms with Crippen LogP contribution in [-0.2, 0) is 6.54 Å². The minimum atomic E-state index is 0.557. The third-order valence-electron chi connectivity index (χ3n) is 4.14. The summed E-state index contributed by atoms with van der Waals surface area (Å²) in [5.74, 6) is 2.17. The largest absolute Gasteiger partial charge is 0.316 e. The van der Waals surface area contributed by atoms with Crippen molar-refractivity contribution in [1.29, 1.82) is 0 Å². The van der Waals surface area contributed by atoms with E-state index in [1.807, 2.05) is 11.3 Å². The van der Waals surface area contributed by atoms with Gasteiger partial charge in [0.2, 0.25) is 0 Å². The van der Waals surface area contributed by atoms with Crippen molar-refractivity contribution < 1.29 is 0 Å². The van der Waals surface area contributed by atoms with Crippen molar-refractivity contribution in [3.63, 3.8) is 0 Å². The second-order valence-electron chi connectivity index (χ2n) is 7.10. The summed E-state index contributed by atoms with van der Waals surface area (Å²) in [6, 6.07) is 0.